The number of nitrogens with one attached hydrogen (secondary N) is 1. The van der Waals surface area contributed by atoms with Gasteiger partial charge in [0.1, 0.15) is 5.54 Å². The minimum atomic E-state index is -1.01. The lowest BCUT2D eigenvalue weighted by Crippen LogP contribution is -2.53. The average Bonchev–Trinajstić information content (AvgIpc) is 2.05. The van der Waals surface area contributed by atoms with Crippen molar-refractivity contribution in [3.05, 3.63) is 0 Å². The first kappa shape index (κ1) is 12.3. The molecule has 0 aliphatic carbocycles. The molecule has 0 aromatic heterocycles. The minimum Gasteiger partial charge on any atom is -0.480 e. The first-order valence-corrected chi connectivity index (χ1v) is 4.24. The number of nitrogens with two attached hydrogens (primary N) is 1. The van der Waals surface area contributed by atoms with Gasteiger partial charge in [0.2, 0.25) is 0 Å². The van der Waals surface area contributed by atoms with E-state index in [9.17, 15) is 4.79 Å². The van der Waals surface area contributed by atoms with Gasteiger partial charge in [-0.2, -0.15) is 0 Å². The van der Waals surface area contributed by atoms with Crippen LogP contribution in [0.15, 0.2) is 0 Å². The van der Waals surface area contributed by atoms with Crippen LogP contribution >= 0.6 is 0 Å². The molecule has 0 saturated carbocycles. The van der Waals surface area contributed by atoms with Gasteiger partial charge < -0.3 is 20.9 Å². The lowest BCUT2D eigenvalue weighted by atomic mass is 10.0. The number of carbonyl (C=O) groups is 1. The smallest absolute Gasteiger partial charge is 0.326 e. The zero-order valence-corrected chi connectivity index (χ0v) is 8.17. The summed E-state index contributed by atoms with van der Waals surface area (Å²) in [6.07, 6.45) is 0.757. The van der Waals surface area contributed by atoms with Gasteiger partial charge in [-0.1, -0.05) is 0 Å². The molecule has 1 unspecified atom stereocenters. The Bertz CT molecular complexity index is 163. The summed E-state index contributed by atoms with van der Waals surface area (Å²) in [5.41, 5.74) is 4.28. The predicted molar refractivity (Wildman–Crippen MR) is 49.6 cm³/mol. The van der Waals surface area contributed by atoms with Crippen LogP contribution in [0.1, 0.15) is 13.3 Å². The lowest BCUT2D eigenvalue weighted by Gasteiger charge is -2.25. The summed E-state index contributed by atoms with van der Waals surface area (Å²) in [5, 5.41) is 11.8. The second-order valence-electron chi connectivity index (χ2n) is 3.14. The van der Waals surface area contributed by atoms with Crippen LogP contribution < -0.4 is 11.1 Å². The van der Waals surface area contributed by atoms with Crippen LogP contribution in [0.2, 0.25) is 0 Å². The molecule has 4 N–H and O–H groups in total. The zero-order chi connectivity index (χ0) is 10.3. The standard InChI is InChI=1S/C8H18N2O3/c1-8(6-13-2,7(11)12)10-5-3-4-9/h10H,3-6,9H2,1-2H3,(H,11,12). The zero-order valence-electron chi connectivity index (χ0n) is 8.17. The Morgan fingerprint density at radius 3 is 2.69 bits per heavy atom. The van der Waals surface area contributed by atoms with Crippen molar-refractivity contribution in [3.8, 4) is 0 Å². The first-order valence-electron chi connectivity index (χ1n) is 4.24. The Kier molecular flexibility index (Phi) is 5.61. The molecule has 0 heterocycles. The molecule has 0 rings (SSSR count). The van der Waals surface area contributed by atoms with Crippen molar-refractivity contribution in [1.29, 1.82) is 0 Å². The number of aliphatic carboxylic acids is 1. The van der Waals surface area contributed by atoms with Gasteiger partial charge in [0.25, 0.3) is 0 Å². The highest BCUT2D eigenvalue weighted by molar-refractivity contribution is 5.78. The maximum Gasteiger partial charge on any atom is 0.326 e. The Labute approximate surface area is 78.3 Å². The van der Waals surface area contributed by atoms with Crippen LogP contribution in [0.4, 0.5) is 0 Å². The molecule has 0 radical (unpaired) electrons. The number of rotatable bonds is 7. The molecule has 0 bridgehead atoms. The number of ether oxygens (including phenoxy) is 1. The van der Waals surface area contributed by atoms with Gasteiger partial charge in [0.15, 0.2) is 0 Å². The van der Waals surface area contributed by atoms with E-state index in [2.05, 4.69) is 5.32 Å². The molecule has 0 fully saturated rings. The summed E-state index contributed by atoms with van der Waals surface area (Å²) in [7, 11) is 1.48. The van der Waals surface area contributed by atoms with Crippen molar-refractivity contribution in [2.24, 2.45) is 5.73 Å². The van der Waals surface area contributed by atoms with Crippen molar-refractivity contribution >= 4 is 5.97 Å². The second kappa shape index (κ2) is 5.90. The van der Waals surface area contributed by atoms with Crippen LogP contribution in [0.5, 0.6) is 0 Å². The molecule has 0 aliphatic rings. The third kappa shape index (κ3) is 4.21. The normalized spacial score (nSPS) is 15.3. The molecule has 5 heteroatoms. The Morgan fingerprint density at radius 2 is 2.31 bits per heavy atom. The lowest BCUT2D eigenvalue weighted by molar-refractivity contribution is -0.146. The first-order chi connectivity index (χ1) is 6.06. The number of carboxylic acids is 1. The van der Waals surface area contributed by atoms with E-state index in [1.54, 1.807) is 6.92 Å². The highest BCUT2D eigenvalue weighted by atomic mass is 16.5. The summed E-state index contributed by atoms with van der Waals surface area (Å²) in [6, 6.07) is 0. The Morgan fingerprint density at radius 1 is 1.69 bits per heavy atom. The van der Waals surface area contributed by atoms with E-state index < -0.39 is 11.5 Å². The summed E-state index contributed by atoms with van der Waals surface area (Å²) < 4.78 is 4.82. The van der Waals surface area contributed by atoms with Crippen LogP contribution in [0.3, 0.4) is 0 Å². The molecular formula is C8H18N2O3. The van der Waals surface area contributed by atoms with Crippen molar-refractivity contribution in [2.45, 2.75) is 18.9 Å². The summed E-state index contributed by atoms with van der Waals surface area (Å²) in [6.45, 7) is 2.88. The van der Waals surface area contributed by atoms with Crippen molar-refractivity contribution in [2.75, 3.05) is 26.8 Å². The SMILES string of the molecule is COCC(C)(NCCCN)C(=O)O. The molecule has 0 aromatic rings. The van der Waals surface area contributed by atoms with E-state index in [1.165, 1.54) is 7.11 Å². The Hall–Kier alpha value is -0.650. The van der Waals surface area contributed by atoms with Gasteiger partial charge >= 0.3 is 5.97 Å². The topological polar surface area (TPSA) is 84.6 Å². The average molecular weight is 190 g/mol. The molecule has 0 aromatic carbocycles. The van der Waals surface area contributed by atoms with Gasteiger partial charge in [-0.05, 0) is 26.4 Å². The van der Waals surface area contributed by atoms with Crippen LogP contribution in [-0.2, 0) is 9.53 Å². The number of carboxylic acid groups (broad SMARTS) is 1. The van der Waals surface area contributed by atoms with E-state index in [-0.39, 0.29) is 6.61 Å². The van der Waals surface area contributed by atoms with E-state index in [0.717, 1.165) is 6.42 Å². The fourth-order valence-corrected chi connectivity index (χ4v) is 0.943. The number of methoxy groups -OCH3 is 1. The van der Waals surface area contributed by atoms with Crippen molar-refractivity contribution < 1.29 is 14.6 Å². The molecule has 13 heavy (non-hydrogen) atoms. The maximum atomic E-state index is 10.8. The van der Waals surface area contributed by atoms with E-state index in [1.807, 2.05) is 0 Å². The molecule has 0 saturated heterocycles. The van der Waals surface area contributed by atoms with Crippen molar-refractivity contribution in [3.63, 3.8) is 0 Å². The van der Waals surface area contributed by atoms with E-state index >= 15 is 0 Å². The maximum absolute atomic E-state index is 10.8. The summed E-state index contributed by atoms with van der Waals surface area (Å²) >= 11 is 0. The minimum absolute atomic E-state index is 0.146. The van der Waals surface area contributed by atoms with E-state index in [0.29, 0.717) is 13.1 Å². The highest BCUT2D eigenvalue weighted by Gasteiger charge is 2.32. The van der Waals surface area contributed by atoms with Crippen LogP contribution in [0.25, 0.3) is 0 Å². The molecule has 0 aliphatic heterocycles. The fraction of sp³-hybridized carbons (Fsp3) is 0.875. The van der Waals surface area contributed by atoms with Gasteiger partial charge in [-0.15, -0.1) is 0 Å². The van der Waals surface area contributed by atoms with Gasteiger partial charge in [-0.3, -0.25) is 4.79 Å². The summed E-state index contributed by atoms with van der Waals surface area (Å²) in [5.74, 6) is -0.911. The van der Waals surface area contributed by atoms with Crippen LogP contribution in [-0.4, -0.2) is 43.4 Å². The number of hydrogen-bond acceptors (Lipinski definition) is 4. The monoisotopic (exact) mass is 190 g/mol. The fourth-order valence-electron chi connectivity index (χ4n) is 0.943. The quantitative estimate of drug-likeness (QED) is 0.467. The second-order valence-corrected chi connectivity index (χ2v) is 3.14. The molecule has 78 valence electrons. The highest BCUT2D eigenvalue weighted by Crippen LogP contribution is 2.04. The van der Waals surface area contributed by atoms with E-state index in [4.69, 9.17) is 15.6 Å². The molecule has 0 amide bonds. The largest absolute Gasteiger partial charge is 0.480 e. The molecular weight excluding hydrogens is 172 g/mol. The van der Waals surface area contributed by atoms with Gasteiger partial charge in [0, 0.05) is 7.11 Å². The van der Waals surface area contributed by atoms with Gasteiger partial charge in [-0.25, -0.2) is 0 Å². The molecule has 5 nitrogen and oxygen atoms in total. The number of hydrogen-bond donors (Lipinski definition) is 3. The third-order valence-corrected chi connectivity index (χ3v) is 1.80. The van der Waals surface area contributed by atoms with Gasteiger partial charge in [0.05, 0.1) is 6.61 Å². The predicted octanol–water partition coefficient (Wildman–Crippen LogP) is -0.585. The van der Waals surface area contributed by atoms with Crippen LogP contribution in [0, 0.1) is 0 Å². The third-order valence-electron chi connectivity index (χ3n) is 1.80. The Balaban J connectivity index is 4.00. The molecule has 1 atom stereocenters. The summed E-state index contributed by atoms with van der Waals surface area (Å²) in [4.78, 5) is 10.8. The molecule has 0 spiro atoms. The van der Waals surface area contributed by atoms with Crippen molar-refractivity contribution in [1.82, 2.24) is 5.32 Å².